The molecule has 3 fully saturated rings. The maximum absolute atomic E-state index is 15.2. The van der Waals surface area contributed by atoms with Gasteiger partial charge in [-0.05, 0) is 101 Å². The molecule has 17 heteroatoms. The highest BCUT2D eigenvalue weighted by molar-refractivity contribution is 7.91. The van der Waals surface area contributed by atoms with Crippen molar-refractivity contribution in [3.05, 3.63) is 77.1 Å². The topological polar surface area (TPSA) is 190 Å². The summed E-state index contributed by atoms with van der Waals surface area (Å²) in [6, 6.07) is 8.59. The van der Waals surface area contributed by atoms with Crippen molar-refractivity contribution >= 4 is 39.9 Å². The molecule has 3 heterocycles. The highest BCUT2D eigenvalue weighted by Gasteiger charge is 2.62. The summed E-state index contributed by atoms with van der Waals surface area (Å²) < 4.78 is 60.1. The van der Waals surface area contributed by atoms with E-state index in [-0.39, 0.29) is 38.8 Å². The number of nitrogens with zero attached hydrogens (tertiary/aromatic N) is 2. The molecule has 6 atom stereocenters. The fourth-order valence-corrected chi connectivity index (χ4v) is 9.99. The Labute approximate surface area is 356 Å². The quantitative estimate of drug-likeness (QED) is 0.284. The number of allylic oxidation sites excluding steroid dienone is 1. The van der Waals surface area contributed by atoms with Gasteiger partial charge in [0.1, 0.15) is 40.9 Å². The average Bonchev–Trinajstić information content (AvgIpc) is 4.10. The van der Waals surface area contributed by atoms with E-state index in [2.05, 4.69) is 15.4 Å². The van der Waals surface area contributed by atoms with Crippen molar-refractivity contribution < 1.29 is 51.0 Å². The normalized spacial score (nSPS) is 27.3. The Morgan fingerprint density at radius 1 is 1.00 bits per heavy atom. The zero-order valence-electron chi connectivity index (χ0n) is 35.1. The lowest BCUT2D eigenvalue weighted by Crippen LogP contribution is -2.60. The predicted molar refractivity (Wildman–Crippen MR) is 221 cm³/mol. The number of methoxy groups -OCH3 is 1. The highest BCUT2D eigenvalue weighted by atomic mass is 32.2. The number of ether oxygens (including phenoxy) is 3. The smallest absolute Gasteiger partial charge is 0.410 e. The molecule has 61 heavy (non-hydrogen) atoms. The molecule has 0 aromatic heterocycles. The number of hydrogen-bond donors (Lipinski definition) is 3. The molecule has 3 N–H and O–H groups in total. The van der Waals surface area contributed by atoms with Crippen molar-refractivity contribution in [2.45, 2.75) is 145 Å². The van der Waals surface area contributed by atoms with Crippen LogP contribution in [0.1, 0.15) is 102 Å². The largest absolute Gasteiger partial charge is 0.497 e. The predicted octanol–water partition coefficient (Wildman–Crippen LogP) is 5.15. The minimum Gasteiger partial charge on any atom is -0.497 e. The number of carbonyl (C=O) groups excluding carboxylic acids is 5. The second kappa shape index (κ2) is 17.7. The minimum absolute atomic E-state index is 0.0329. The van der Waals surface area contributed by atoms with Crippen molar-refractivity contribution in [2.24, 2.45) is 5.92 Å². The third-order valence-electron chi connectivity index (χ3n) is 12.1. The van der Waals surface area contributed by atoms with Crippen LogP contribution >= 0.6 is 0 Å². The fraction of sp³-hybridized carbons (Fsp3) is 0.568. The number of carbonyl (C=O) groups is 5. The van der Waals surface area contributed by atoms with E-state index in [1.54, 1.807) is 52.1 Å². The summed E-state index contributed by atoms with van der Waals surface area (Å²) in [7, 11) is -2.42. The lowest BCUT2D eigenvalue weighted by atomic mass is 10.00. The summed E-state index contributed by atoms with van der Waals surface area (Å²) in [6.45, 7) is 5.17. The molecule has 0 radical (unpaired) electrons. The van der Waals surface area contributed by atoms with Gasteiger partial charge in [0, 0.05) is 24.4 Å². The Balaban J connectivity index is 1.24. The van der Waals surface area contributed by atoms with Crippen LogP contribution in [0.3, 0.4) is 0 Å². The maximum Gasteiger partial charge on any atom is 0.410 e. The van der Waals surface area contributed by atoms with E-state index in [9.17, 15) is 32.0 Å². The van der Waals surface area contributed by atoms with E-state index in [1.807, 2.05) is 24.3 Å². The summed E-state index contributed by atoms with van der Waals surface area (Å²) in [5.41, 5.74) is -0.606. The summed E-state index contributed by atoms with van der Waals surface area (Å²) in [5.74, 6) is -2.51. The average molecular weight is 866 g/mol. The summed E-state index contributed by atoms with van der Waals surface area (Å²) >= 11 is 0. The van der Waals surface area contributed by atoms with Gasteiger partial charge in [-0.15, -0.1) is 0 Å². The zero-order chi connectivity index (χ0) is 43.7. The third-order valence-corrected chi connectivity index (χ3v) is 14.0. The van der Waals surface area contributed by atoms with Crippen molar-refractivity contribution in [1.29, 1.82) is 0 Å². The van der Waals surface area contributed by atoms with Gasteiger partial charge in [0.2, 0.25) is 21.8 Å². The molecule has 0 spiro atoms. The van der Waals surface area contributed by atoms with E-state index in [0.29, 0.717) is 55.4 Å². The number of halogens is 1. The summed E-state index contributed by atoms with van der Waals surface area (Å²) in [5, 5.41) is 4.95. The van der Waals surface area contributed by atoms with Gasteiger partial charge in [0.25, 0.3) is 5.91 Å². The molecule has 5 amide bonds. The van der Waals surface area contributed by atoms with Crippen molar-refractivity contribution in [2.75, 3.05) is 7.11 Å². The first kappa shape index (κ1) is 43.9. The maximum atomic E-state index is 15.2. The van der Waals surface area contributed by atoms with Crippen LogP contribution in [0.5, 0.6) is 5.75 Å². The van der Waals surface area contributed by atoms with Crippen LogP contribution in [0.25, 0.3) is 0 Å². The highest BCUT2D eigenvalue weighted by Crippen LogP contribution is 2.46. The fourth-order valence-electron chi connectivity index (χ4n) is 8.63. The Hall–Kier alpha value is -5.19. The third kappa shape index (κ3) is 10.1. The molecule has 0 bridgehead atoms. The minimum atomic E-state index is -3.97. The Morgan fingerprint density at radius 3 is 2.44 bits per heavy atom. The van der Waals surface area contributed by atoms with E-state index >= 15 is 4.79 Å². The van der Waals surface area contributed by atoms with Crippen LogP contribution in [-0.2, 0) is 53.4 Å². The number of amides is 5. The van der Waals surface area contributed by atoms with Gasteiger partial charge in [-0.1, -0.05) is 49.3 Å². The van der Waals surface area contributed by atoms with Gasteiger partial charge in [-0.3, -0.25) is 24.0 Å². The molecule has 1 saturated heterocycles. The van der Waals surface area contributed by atoms with Gasteiger partial charge in [0.15, 0.2) is 0 Å². The molecule has 2 aliphatic carbocycles. The van der Waals surface area contributed by atoms with Crippen LogP contribution in [0.4, 0.5) is 14.0 Å². The van der Waals surface area contributed by atoms with Crippen LogP contribution in [-0.4, -0.2) is 95.9 Å². The number of alkyl carbamates (subject to hydrolysis) is 1. The Kier molecular flexibility index (Phi) is 12.7. The van der Waals surface area contributed by atoms with Crippen LogP contribution in [0.2, 0.25) is 0 Å². The van der Waals surface area contributed by atoms with E-state index in [0.717, 1.165) is 12.0 Å². The van der Waals surface area contributed by atoms with Gasteiger partial charge < -0.3 is 29.7 Å². The number of aryl methyl sites for hydroxylation is 1. The Morgan fingerprint density at radius 2 is 1.75 bits per heavy atom. The summed E-state index contributed by atoms with van der Waals surface area (Å²) in [6.07, 6.45) is 5.34. The monoisotopic (exact) mass is 865 g/mol. The van der Waals surface area contributed by atoms with Gasteiger partial charge in [0.05, 0.1) is 24.9 Å². The standard InChI is InChI=1S/C44H56FN5O10S/c1-43(2,3)60-41(54)46-34-14-9-7-5-6-8-12-29-24-44(29,40(53)48-61(56,57)31-20-21-31)47-38(51)36-23-37(59-42(55)49-25-28-11-10-13-33(45)32(28)26-49)35(50(36)39(34)52)22-17-27-15-18-30(58-4)19-16-27/h8,10-13,15-16,18-19,29,31,34-37H,5-7,9,14,17,20-26H2,1-4H3,(H,46,54)(H,47,51)(H,48,53)/b12-8-/t29?,34?,35-,36?,37+,44?/m0/s1. The molecule has 3 aliphatic heterocycles. The Bertz CT molecular complexity index is 2160. The lowest BCUT2D eigenvalue weighted by Gasteiger charge is -2.35. The number of hydrogen-bond acceptors (Lipinski definition) is 10. The van der Waals surface area contributed by atoms with E-state index in [1.165, 1.54) is 15.9 Å². The number of nitrogens with one attached hydrogen (secondary N) is 3. The molecule has 7 rings (SSSR count). The molecule has 2 aromatic carbocycles. The molecule has 2 saturated carbocycles. The van der Waals surface area contributed by atoms with Gasteiger partial charge >= 0.3 is 12.2 Å². The van der Waals surface area contributed by atoms with Crippen LogP contribution < -0.4 is 20.1 Å². The number of fused-ring (bicyclic) bond motifs is 3. The summed E-state index contributed by atoms with van der Waals surface area (Å²) in [4.78, 5) is 74.0. The van der Waals surface area contributed by atoms with Crippen molar-refractivity contribution in [3.63, 3.8) is 0 Å². The lowest BCUT2D eigenvalue weighted by molar-refractivity contribution is -0.143. The van der Waals surface area contributed by atoms with Gasteiger partial charge in [-0.2, -0.15) is 0 Å². The second-order valence-corrected chi connectivity index (χ2v) is 19.8. The van der Waals surface area contributed by atoms with Crippen molar-refractivity contribution in [3.8, 4) is 5.75 Å². The number of benzene rings is 2. The second-order valence-electron chi connectivity index (χ2n) is 17.8. The van der Waals surface area contributed by atoms with Crippen LogP contribution in [0.15, 0.2) is 54.6 Å². The molecule has 15 nitrogen and oxygen atoms in total. The SMILES string of the molecule is COc1ccc(CC[C@H]2[C@H](OC(=O)N3Cc4cccc(F)c4C3)CC3C(=O)NC4(C(=O)NS(=O)(=O)C5CC5)CC4/C=C\CCCCCC(NC(=O)OC(C)(C)C)C(=O)N32)cc1. The van der Waals surface area contributed by atoms with E-state index in [4.69, 9.17) is 14.2 Å². The first-order valence-corrected chi connectivity index (χ1v) is 22.7. The molecule has 4 unspecified atom stereocenters. The first-order valence-electron chi connectivity index (χ1n) is 21.2. The van der Waals surface area contributed by atoms with Crippen molar-refractivity contribution in [1.82, 2.24) is 25.2 Å². The molecular formula is C44H56FN5O10S. The van der Waals surface area contributed by atoms with E-state index < -0.39 is 92.3 Å². The molecule has 5 aliphatic rings. The number of sulfonamides is 1. The van der Waals surface area contributed by atoms with Crippen LogP contribution in [0, 0.1) is 11.7 Å². The first-order chi connectivity index (χ1) is 29.0. The van der Waals surface area contributed by atoms with Gasteiger partial charge in [-0.25, -0.2) is 22.4 Å². The number of rotatable bonds is 9. The zero-order valence-corrected chi connectivity index (χ0v) is 35.9. The molecule has 330 valence electrons. The molecular weight excluding hydrogens is 810 g/mol. The molecule has 2 aromatic rings.